The molecule has 1 amide bonds. The molecular weight excluding hydrogens is 447 g/mol. The van der Waals surface area contributed by atoms with Gasteiger partial charge in [-0.1, -0.05) is 41.4 Å². The van der Waals surface area contributed by atoms with Crippen LogP contribution in [0.15, 0.2) is 42.5 Å². The lowest BCUT2D eigenvalue weighted by Crippen LogP contribution is -2.43. The van der Waals surface area contributed by atoms with Crippen molar-refractivity contribution in [3.8, 4) is 5.75 Å². The Kier molecular flexibility index (Phi) is 7.63. The largest absolute Gasteiger partial charge is 0.497 e. The maximum absolute atomic E-state index is 12.7. The van der Waals surface area contributed by atoms with Gasteiger partial charge in [0.2, 0.25) is 15.9 Å². The molecule has 30 heavy (non-hydrogen) atoms. The van der Waals surface area contributed by atoms with Gasteiger partial charge in [-0.05, 0) is 48.2 Å². The fourth-order valence-corrected chi connectivity index (χ4v) is 5.28. The van der Waals surface area contributed by atoms with Gasteiger partial charge in [0.25, 0.3) is 0 Å². The van der Waals surface area contributed by atoms with Crippen LogP contribution >= 0.6 is 23.2 Å². The number of piperidine rings is 1. The molecule has 1 aliphatic rings. The highest BCUT2D eigenvalue weighted by atomic mass is 35.5. The highest BCUT2D eigenvalue weighted by molar-refractivity contribution is 7.88. The lowest BCUT2D eigenvalue weighted by atomic mass is 9.97. The van der Waals surface area contributed by atoms with Gasteiger partial charge >= 0.3 is 0 Å². The van der Waals surface area contributed by atoms with Crippen LogP contribution in [0.1, 0.15) is 24.0 Å². The summed E-state index contributed by atoms with van der Waals surface area (Å²) in [5.41, 5.74) is 1.56. The summed E-state index contributed by atoms with van der Waals surface area (Å²) in [4.78, 5) is 12.5. The molecule has 1 fully saturated rings. The Morgan fingerprint density at radius 2 is 1.70 bits per heavy atom. The molecule has 1 saturated heterocycles. The number of halogens is 2. The van der Waals surface area contributed by atoms with Gasteiger partial charge < -0.3 is 10.1 Å². The molecule has 0 aromatic heterocycles. The second-order valence-corrected chi connectivity index (χ2v) is 10.0. The van der Waals surface area contributed by atoms with Crippen LogP contribution in [0.5, 0.6) is 5.75 Å². The predicted molar refractivity (Wildman–Crippen MR) is 118 cm³/mol. The van der Waals surface area contributed by atoms with E-state index >= 15 is 0 Å². The zero-order valence-electron chi connectivity index (χ0n) is 16.6. The van der Waals surface area contributed by atoms with Crippen molar-refractivity contribution >= 4 is 39.1 Å². The third-order valence-corrected chi connectivity index (χ3v) is 7.77. The summed E-state index contributed by atoms with van der Waals surface area (Å²) in [5, 5.41) is 3.65. The van der Waals surface area contributed by atoms with Crippen LogP contribution in [0.25, 0.3) is 0 Å². The molecule has 2 aromatic rings. The molecular formula is C21H24Cl2N2O4S. The molecule has 1 aliphatic heterocycles. The molecule has 0 spiro atoms. The quantitative estimate of drug-likeness (QED) is 0.666. The molecule has 0 bridgehead atoms. The van der Waals surface area contributed by atoms with Crippen molar-refractivity contribution < 1.29 is 17.9 Å². The Balaban J connectivity index is 1.50. The minimum atomic E-state index is -3.49. The van der Waals surface area contributed by atoms with Crippen molar-refractivity contribution in [2.45, 2.75) is 25.1 Å². The second-order valence-electron chi connectivity index (χ2n) is 7.24. The summed E-state index contributed by atoms with van der Waals surface area (Å²) in [6, 6.07) is 12.3. The number of rotatable bonds is 7. The number of sulfonamides is 1. The minimum Gasteiger partial charge on any atom is -0.497 e. The zero-order chi connectivity index (χ0) is 21.7. The van der Waals surface area contributed by atoms with E-state index in [1.165, 1.54) is 4.31 Å². The number of amides is 1. The number of benzene rings is 2. The highest BCUT2D eigenvalue weighted by Gasteiger charge is 2.31. The van der Waals surface area contributed by atoms with E-state index < -0.39 is 10.0 Å². The Hall–Kier alpha value is -1.80. The molecule has 0 radical (unpaired) electrons. The van der Waals surface area contributed by atoms with Crippen LogP contribution in [0, 0.1) is 5.92 Å². The second kappa shape index (κ2) is 10.0. The van der Waals surface area contributed by atoms with E-state index in [0.717, 1.165) is 11.3 Å². The van der Waals surface area contributed by atoms with Gasteiger partial charge in [0.05, 0.1) is 22.9 Å². The first-order chi connectivity index (χ1) is 14.3. The molecule has 2 aromatic carbocycles. The van der Waals surface area contributed by atoms with Crippen molar-refractivity contribution in [2.24, 2.45) is 5.92 Å². The lowest BCUT2D eigenvalue weighted by molar-refractivity contribution is -0.126. The van der Waals surface area contributed by atoms with Crippen molar-refractivity contribution in [1.82, 2.24) is 9.62 Å². The van der Waals surface area contributed by atoms with Crippen LogP contribution in [0.4, 0.5) is 0 Å². The van der Waals surface area contributed by atoms with Gasteiger partial charge in [-0.15, -0.1) is 0 Å². The fraction of sp³-hybridized carbons (Fsp3) is 0.381. The average molecular weight is 471 g/mol. The van der Waals surface area contributed by atoms with E-state index in [2.05, 4.69) is 5.32 Å². The summed E-state index contributed by atoms with van der Waals surface area (Å²) < 4.78 is 32.0. The number of nitrogens with one attached hydrogen (secondary N) is 1. The van der Waals surface area contributed by atoms with Crippen LogP contribution in [-0.2, 0) is 27.1 Å². The van der Waals surface area contributed by atoms with Gasteiger partial charge in [-0.25, -0.2) is 12.7 Å². The average Bonchev–Trinajstić information content (AvgIpc) is 2.75. The Bertz CT molecular complexity index is 989. The number of methoxy groups -OCH3 is 1. The molecule has 0 aliphatic carbocycles. The van der Waals surface area contributed by atoms with Gasteiger partial charge in [0.1, 0.15) is 5.75 Å². The fourth-order valence-electron chi connectivity index (χ4n) is 3.40. The van der Waals surface area contributed by atoms with E-state index in [1.807, 2.05) is 24.3 Å². The minimum absolute atomic E-state index is 0.0488. The topological polar surface area (TPSA) is 75.7 Å². The summed E-state index contributed by atoms with van der Waals surface area (Å²) in [7, 11) is -1.88. The van der Waals surface area contributed by atoms with Crippen LogP contribution in [-0.4, -0.2) is 38.8 Å². The van der Waals surface area contributed by atoms with Crippen LogP contribution < -0.4 is 10.1 Å². The molecule has 6 nitrogen and oxygen atoms in total. The lowest BCUT2D eigenvalue weighted by Gasteiger charge is -2.30. The number of hydrogen-bond acceptors (Lipinski definition) is 4. The number of nitrogens with zero attached hydrogens (tertiary/aromatic N) is 1. The summed E-state index contributed by atoms with van der Waals surface area (Å²) in [5.74, 6) is 0.379. The first kappa shape index (κ1) is 22.9. The van der Waals surface area contributed by atoms with Crippen molar-refractivity contribution in [3.63, 3.8) is 0 Å². The van der Waals surface area contributed by atoms with E-state index in [9.17, 15) is 13.2 Å². The zero-order valence-corrected chi connectivity index (χ0v) is 18.9. The van der Waals surface area contributed by atoms with Gasteiger partial charge in [0, 0.05) is 25.6 Å². The van der Waals surface area contributed by atoms with Gasteiger partial charge in [-0.3, -0.25) is 4.79 Å². The third kappa shape index (κ3) is 5.88. The number of carbonyl (C=O) groups excluding carboxylic acids is 1. The first-order valence-corrected chi connectivity index (χ1v) is 12.0. The third-order valence-electron chi connectivity index (χ3n) is 5.18. The molecule has 0 unspecified atom stereocenters. The van der Waals surface area contributed by atoms with Gasteiger partial charge in [0.15, 0.2) is 0 Å². The summed E-state index contributed by atoms with van der Waals surface area (Å²) in [6.45, 7) is 1.08. The molecule has 0 atom stereocenters. The first-order valence-electron chi connectivity index (χ1n) is 9.61. The molecule has 1 heterocycles. The van der Waals surface area contributed by atoms with Crippen molar-refractivity contribution in [3.05, 3.63) is 63.6 Å². The van der Waals surface area contributed by atoms with E-state index in [1.54, 1.807) is 25.3 Å². The van der Waals surface area contributed by atoms with Crippen LogP contribution in [0.2, 0.25) is 10.0 Å². The van der Waals surface area contributed by atoms with Crippen molar-refractivity contribution in [2.75, 3.05) is 20.2 Å². The Morgan fingerprint density at radius 3 is 2.30 bits per heavy atom. The standard InChI is InChI=1S/C21H24Cl2N2O4S/c1-29-18-5-2-15(3-6-18)13-24-21(26)17-8-10-25(11-9-17)30(27,28)14-16-4-7-19(22)20(23)12-16/h2-7,12,17H,8-11,13-14H2,1H3,(H,24,26). The van der Waals surface area contributed by atoms with E-state index in [0.29, 0.717) is 48.1 Å². The molecule has 9 heteroatoms. The number of carbonyl (C=O) groups is 1. The molecule has 162 valence electrons. The molecule has 0 saturated carbocycles. The Morgan fingerprint density at radius 1 is 1.07 bits per heavy atom. The van der Waals surface area contributed by atoms with E-state index in [-0.39, 0.29) is 17.6 Å². The van der Waals surface area contributed by atoms with Crippen LogP contribution in [0.3, 0.4) is 0 Å². The summed E-state index contributed by atoms with van der Waals surface area (Å²) in [6.07, 6.45) is 0.990. The SMILES string of the molecule is COc1ccc(CNC(=O)C2CCN(S(=O)(=O)Cc3ccc(Cl)c(Cl)c3)CC2)cc1. The highest BCUT2D eigenvalue weighted by Crippen LogP contribution is 2.26. The van der Waals surface area contributed by atoms with E-state index in [4.69, 9.17) is 27.9 Å². The Labute approximate surface area is 187 Å². The van der Waals surface area contributed by atoms with Crippen molar-refractivity contribution in [1.29, 1.82) is 0 Å². The smallest absolute Gasteiger partial charge is 0.223 e. The predicted octanol–water partition coefficient (Wildman–Crippen LogP) is 3.86. The number of ether oxygens (including phenoxy) is 1. The number of hydrogen-bond donors (Lipinski definition) is 1. The maximum Gasteiger partial charge on any atom is 0.223 e. The summed E-state index contributed by atoms with van der Waals surface area (Å²) >= 11 is 11.9. The van der Waals surface area contributed by atoms with Gasteiger partial charge in [-0.2, -0.15) is 0 Å². The monoisotopic (exact) mass is 470 g/mol. The molecule has 1 N–H and O–H groups in total. The normalized spacial score (nSPS) is 15.7. The maximum atomic E-state index is 12.7. The molecule has 3 rings (SSSR count).